The molecule has 2 atom stereocenters. The average Bonchev–Trinajstić information content (AvgIpc) is 3.02. The number of hydrogen-bond acceptors (Lipinski definition) is 5. The Morgan fingerprint density at radius 2 is 1.89 bits per heavy atom. The molecule has 1 aliphatic rings. The Morgan fingerprint density at radius 3 is 2.56 bits per heavy atom. The van der Waals surface area contributed by atoms with Crippen LogP contribution in [0.3, 0.4) is 0 Å². The zero-order chi connectivity index (χ0) is 19.0. The monoisotopic (exact) mass is 403 g/mol. The predicted octanol–water partition coefficient (Wildman–Crippen LogP) is 4.71. The van der Waals surface area contributed by atoms with Gasteiger partial charge in [0, 0.05) is 15.6 Å². The van der Waals surface area contributed by atoms with E-state index in [9.17, 15) is 0 Å². The first-order valence-electron chi connectivity index (χ1n) is 8.72. The largest absolute Gasteiger partial charge is 0.494 e. The highest BCUT2D eigenvalue weighted by Gasteiger charge is 2.33. The Labute approximate surface area is 167 Å². The van der Waals surface area contributed by atoms with Gasteiger partial charge in [-0.15, -0.1) is 5.10 Å². The van der Waals surface area contributed by atoms with Gasteiger partial charge < -0.3 is 15.8 Å². The molecule has 0 amide bonds. The molecule has 0 bridgehead atoms. The summed E-state index contributed by atoms with van der Waals surface area (Å²) in [4.78, 5) is 4.32. The summed E-state index contributed by atoms with van der Waals surface area (Å²) < 4.78 is 7.29. The minimum Gasteiger partial charge on any atom is -0.494 e. The Kier molecular flexibility index (Phi) is 4.85. The second kappa shape index (κ2) is 7.29. The van der Waals surface area contributed by atoms with E-state index >= 15 is 0 Å². The number of anilines is 2. The van der Waals surface area contributed by atoms with Gasteiger partial charge >= 0.3 is 0 Å². The maximum Gasteiger partial charge on any atom is 0.241 e. The molecule has 0 unspecified atom stereocenters. The van der Waals surface area contributed by atoms with Gasteiger partial charge in [0.15, 0.2) is 0 Å². The van der Waals surface area contributed by atoms with Crippen LogP contribution in [0.4, 0.5) is 11.9 Å². The van der Waals surface area contributed by atoms with Gasteiger partial charge in [-0.2, -0.15) is 4.98 Å². The highest BCUT2D eigenvalue weighted by molar-refractivity contribution is 6.36. The molecule has 4 rings (SSSR count). The van der Waals surface area contributed by atoms with Crippen LogP contribution in [-0.2, 0) is 0 Å². The molecule has 3 aromatic rings. The second-order valence-electron chi connectivity index (χ2n) is 6.32. The summed E-state index contributed by atoms with van der Waals surface area (Å²) in [5.41, 5.74) is 7.78. The lowest BCUT2D eigenvalue weighted by Crippen LogP contribution is -2.28. The molecule has 0 radical (unpaired) electrons. The van der Waals surface area contributed by atoms with Crippen molar-refractivity contribution in [2.45, 2.75) is 25.4 Å². The van der Waals surface area contributed by atoms with E-state index in [1.54, 1.807) is 4.68 Å². The lowest BCUT2D eigenvalue weighted by molar-refractivity contribution is 0.340. The van der Waals surface area contributed by atoms with Crippen molar-refractivity contribution in [3.05, 3.63) is 63.6 Å². The summed E-state index contributed by atoms with van der Waals surface area (Å²) in [6, 6.07) is 13.3. The molecular weight excluding hydrogens is 385 g/mol. The summed E-state index contributed by atoms with van der Waals surface area (Å²) >= 11 is 12.9. The second-order valence-corrected chi connectivity index (χ2v) is 7.14. The summed E-state index contributed by atoms with van der Waals surface area (Å²) in [5.74, 6) is 1.65. The molecule has 0 fully saturated rings. The van der Waals surface area contributed by atoms with Crippen LogP contribution in [0.2, 0.25) is 10.0 Å². The Balaban J connectivity index is 1.73. The van der Waals surface area contributed by atoms with Crippen LogP contribution in [0.15, 0.2) is 42.5 Å². The van der Waals surface area contributed by atoms with Crippen LogP contribution < -0.4 is 15.8 Å². The first-order valence-corrected chi connectivity index (χ1v) is 9.47. The van der Waals surface area contributed by atoms with E-state index in [0.29, 0.717) is 29.0 Å². The number of halogens is 2. The number of aromatic nitrogens is 3. The Bertz CT molecular complexity index is 937. The Morgan fingerprint density at radius 1 is 1.19 bits per heavy atom. The van der Waals surface area contributed by atoms with Gasteiger partial charge in [0.1, 0.15) is 5.75 Å². The van der Waals surface area contributed by atoms with Gasteiger partial charge in [-0.25, -0.2) is 4.68 Å². The lowest BCUT2D eigenvalue weighted by Gasteiger charge is -2.32. The number of nitrogen functional groups attached to an aromatic ring is 1. The summed E-state index contributed by atoms with van der Waals surface area (Å²) in [7, 11) is 0. The average molecular weight is 404 g/mol. The SMILES string of the molecule is CCOc1ccc([C@@H]2C[C@@H](c3c(Cl)cccc3Cl)n3nc(N)nc3N2)cc1. The van der Waals surface area contributed by atoms with Gasteiger partial charge in [-0.1, -0.05) is 41.4 Å². The number of hydrogen-bond donors (Lipinski definition) is 2. The molecule has 27 heavy (non-hydrogen) atoms. The number of nitrogens with two attached hydrogens (primary N) is 1. The van der Waals surface area contributed by atoms with Crippen molar-refractivity contribution in [3.8, 4) is 5.75 Å². The first kappa shape index (κ1) is 17.9. The predicted molar refractivity (Wildman–Crippen MR) is 108 cm³/mol. The zero-order valence-electron chi connectivity index (χ0n) is 14.7. The van der Waals surface area contributed by atoms with E-state index in [4.69, 9.17) is 33.7 Å². The van der Waals surface area contributed by atoms with Gasteiger partial charge in [-0.05, 0) is 43.2 Å². The quantitative estimate of drug-likeness (QED) is 0.659. The molecule has 2 aromatic carbocycles. The normalized spacial score (nSPS) is 18.6. The maximum atomic E-state index is 6.47. The molecule has 0 spiro atoms. The van der Waals surface area contributed by atoms with Crippen LogP contribution >= 0.6 is 23.2 Å². The number of ether oxygens (including phenoxy) is 1. The van der Waals surface area contributed by atoms with E-state index in [1.165, 1.54) is 0 Å². The molecule has 6 nitrogen and oxygen atoms in total. The number of nitrogens with zero attached hydrogens (tertiary/aromatic N) is 3. The van der Waals surface area contributed by atoms with Crippen LogP contribution in [0.25, 0.3) is 0 Å². The van der Waals surface area contributed by atoms with Crippen molar-refractivity contribution in [2.75, 3.05) is 17.7 Å². The fourth-order valence-electron chi connectivity index (χ4n) is 3.45. The van der Waals surface area contributed by atoms with Gasteiger partial charge in [0.2, 0.25) is 11.9 Å². The molecular formula is C19H19Cl2N5O. The molecule has 0 saturated carbocycles. The molecule has 140 valence electrons. The van der Waals surface area contributed by atoms with E-state index < -0.39 is 0 Å². The van der Waals surface area contributed by atoms with E-state index in [1.807, 2.05) is 49.4 Å². The minimum atomic E-state index is -0.177. The molecule has 1 aromatic heterocycles. The first-order chi connectivity index (χ1) is 13.1. The van der Waals surface area contributed by atoms with Crippen molar-refractivity contribution in [1.29, 1.82) is 0 Å². The van der Waals surface area contributed by atoms with E-state index in [0.717, 1.165) is 16.9 Å². The summed E-state index contributed by atoms with van der Waals surface area (Å²) in [6.45, 7) is 2.60. The zero-order valence-corrected chi connectivity index (χ0v) is 16.2. The number of benzene rings is 2. The van der Waals surface area contributed by atoms with E-state index in [-0.39, 0.29) is 18.0 Å². The van der Waals surface area contributed by atoms with Crippen LogP contribution in [0.5, 0.6) is 5.75 Å². The fourth-order valence-corrected chi connectivity index (χ4v) is 4.09. The van der Waals surface area contributed by atoms with Crippen molar-refractivity contribution in [3.63, 3.8) is 0 Å². The van der Waals surface area contributed by atoms with Crippen LogP contribution in [0, 0.1) is 0 Å². The summed E-state index contributed by atoms with van der Waals surface area (Å²) in [5, 5.41) is 8.94. The fraction of sp³-hybridized carbons (Fsp3) is 0.263. The molecule has 1 aliphatic heterocycles. The van der Waals surface area contributed by atoms with Crippen molar-refractivity contribution < 1.29 is 4.74 Å². The highest BCUT2D eigenvalue weighted by atomic mass is 35.5. The smallest absolute Gasteiger partial charge is 0.241 e. The topological polar surface area (TPSA) is 78.0 Å². The molecule has 0 aliphatic carbocycles. The van der Waals surface area contributed by atoms with Gasteiger partial charge in [0.05, 0.1) is 18.7 Å². The molecule has 3 N–H and O–H groups in total. The summed E-state index contributed by atoms with van der Waals surface area (Å²) in [6.07, 6.45) is 0.702. The highest BCUT2D eigenvalue weighted by Crippen LogP contribution is 2.42. The van der Waals surface area contributed by atoms with Crippen molar-refractivity contribution in [2.24, 2.45) is 0 Å². The number of fused-ring (bicyclic) bond motifs is 1. The van der Waals surface area contributed by atoms with Gasteiger partial charge in [0.25, 0.3) is 0 Å². The standard InChI is InChI=1S/C19H19Cl2N5O/c1-2-27-12-8-6-11(7-9-12)15-10-16(17-13(20)4-3-5-14(17)21)26-19(23-15)24-18(22)25-26/h3-9,15-16H,2,10H2,1H3,(H3,22,23,24,25)/t15-,16-/m0/s1. The van der Waals surface area contributed by atoms with Crippen molar-refractivity contribution >= 4 is 35.1 Å². The third kappa shape index (κ3) is 3.42. The van der Waals surface area contributed by atoms with E-state index in [2.05, 4.69) is 15.4 Å². The van der Waals surface area contributed by atoms with Crippen LogP contribution in [-0.4, -0.2) is 21.4 Å². The third-order valence-corrected chi connectivity index (χ3v) is 5.29. The number of nitrogens with one attached hydrogen (secondary N) is 1. The maximum absolute atomic E-state index is 6.47. The Hall–Kier alpha value is -2.44. The van der Waals surface area contributed by atoms with Crippen LogP contribution in [0.1, 0.15) is 36.6 Å². The van der Waals surface area contributed by atoms with Gasteiger partial charge in [-0.3, -0.25) is 0 Å². The molecule has 2 heterocycles. The molecule has 8 heteroatoms. The number of rotatable bonds is 4. The third-order valence-electron chi connectivity index (χ3n) is 4.63. The molecule has 0 saturated heterocycles. The minimum absolute atomic E-state index is 0.00844. The van der Waals surface area contributed by atoms with Crippen molar-refractivity contribution in [1.82, 2.24) is 14.8 Å². The lowest BCUT2D eigenvalue weighted by atomic mass is 9.93.